The van der Waals surface area contributed by atoms with Gasteiger partial charge in [0, 0.05) is 11.6 Å². The molecule has 2 unspecified atom stereocenters. The Hall–Kier alpha value is -0.120. The maximum Gasteiger partial charge on any atom is 0.0641 e. The summed E-state index contributed by atoms with van der Waals surface area (Å²) >= 11 is 0. The molecule has 0 fully saturated rings. The van der Waals surface area contributed by atoms with Crippen molar-refractivity contribution in [2.24, 2.45) is 17.4 Å². The number of hydrogen-bond donors (Lipinski definition) is 2. The lowest BCUT2D eigenvalue weighted by atomic mass is 9.90. The van der Waals surface area contributed by atoms with Crippen LogP contribution in [0.5, 0.6) is 0 Å². The number of ether oxygens (including phenoxy) is 1. The third-order valence-corrected chi connectivity index (χ3v) is 3.27. The van der Waals surface area contributed by atoms with Crippen LogP contribution in [0.4, 0.5) is 0 Å². The molecule has 0 radical (unpaired) electrons. The maximum atomic E-state index is 6.03. The molecule has 0 aromatic heterocycles. The second-order valence-electron chi connectivity index (χ2n) is 6.17. The molecule has 98 valence electrons. The van der Waals surface area contributed by atoms with Gasteiger partial charge in [0.25, 0.3) is 0 Å². The first-order valence-electron chi connectivity index (χ1n) is 6.27. The van der Waals surface area contributed by atoms with Gasteiger partial charge in [-0.1, -0.05) is 13.8 Å². The van der Waals surface area contributed by atoms with Gasteiger partial charge in [-0.25, -0.2) is 0 Å². The van der Waals surface area contributed by atoms with Crippen molar-refractivity contribution in [3.8, 4) is 0 Å². The fourth-order valence-electron chi connectivity index (χ4n) is 1.40. The van der Waals surface area contributed by atoms with Crippen molar-refractivity contribution in [3.05, 3.63) is 0 Å². The van der Waals surface area contributed by atoms with Crippen molar-refractivity contribution in [2.45, 2.75) is 71.6 Å². The molecular weight excluding hydrogens is 200 g/mol. The summed E-state index contributed by atoms with van der Waals surface area (Å²) in [5.41, 5.74) is 11.6. The minimum Gasteiger partial charge on any atom is -0.375 e. The molecule has 0 aromatic carbocycles. The summed E-state index contributed by atoms with van der Waals surface area (Å²) in [4.78, 5) is 0. The quantitative estimate of drug-likeness (QED) is 0.705. The topological polar surface area (TPSA) is 61.3 Å². The largest absolute Gasteiger partial charge is 0.375 e. The summed E-state index contributed by atoms with van der Waals surface area (Å²) < 4.78 is 5.93. The maximum absolute atomic E-state index is 6.03. The summed E-state index contributed by atoms with van der Waals surface area (Å²) in [6.07, 6.45) is 1.88. The van der Waals surface area contributed by atoms with Crippen molar-refractivity contribution in [3.63, 3.8) is 0 Å². The molecule has 3 nitrogen and oxygen atoms in total. The minimum atomic E-state index is -0.192. The van der Waals surface area contributed by atoms with E-state index in [4.69, 9.17) is 16.2 Å². The lowest BCUT2D eigenvalue weighted by molar-refractivity contribution is -0.0501. The molecule has 0 aliphatic rings. The zero-order chi connectivity index (χ0) is 13.0. The van der Waals surface area contributed by atoms with E-state index >= 15 is 0 Å². The Morgan fingerprint density at radius 2 is 1.69 bits per heavy atom. The fraction of sp³-hybridized carbons (Fsp3) is 1.00. The second kappa shape index (κ2) is 5.99. The highest BCUT2D eigenvalue weighted by molar-refractivity contribution is 4.81. The van der Waals surface area contributed by atoms with E-state index in [-0.39, 0.29) is 17.2 Å². The predicted molar refractivity (Wildman–Crippen MR) is 70.3 cm³/mol. The van der Waals surface area contributed by atoms with Crippen LogP contribution in [0.25, 0.3) is 0 Å². The molecule has 0 spiro atoms. The van der Waals surface area contributed by atoms with Gasteiger partial charge in [-0.2, -0.15) is 0 Å². The first-order valence-corrected chi connectivity index (χ1v) is 6.27. The third-order valence-electron chi connectivity index (χ3n) is 3.27. The van der Waals surface area contributed by atoms with E-state index in [1.54, 1.807) is 0 Å². The molecule has 0 amide bonds. The average molecular weight is 230 g/mol. The minimum absolute atomic E-state index is 0.158. The normalized spacial score (nSPS) is 17.2. The van der Waals surface area contributed by atoms with Gasteiger partial charge in [0.15, 0.2) is 0 Å². The molecule has 0 bridgehead atoms. The van der Waals surface area contributed by atoms with Crippen LogP contribution in [0.15, 0.2) is 0 Å². The third kappa shape index (κ3) is 6.46. The van der Waals surface area contributed by atoms with Gasteiger partial charge in [-0.15, -0.1) is 0 Å². The predicted octanol–water partition coefficient (Wildman–Crippen LogP) is 2.28. The van der Waals surface area contributed by atoms with Gasteiger partial charge in [-0.3, -0.25) is 0 Å². The highest BCUT2D eigenvalue weighted by atomic mass is 16.5. The molecular formula is C13H30N2O. The summed E-state index contributed by atoms with van der Waals surface area (Å²) in [7, 11) is 0. The number of hydrogen-bond acceptors (Lipinski definition) is 3. The van der Waals surface area contributed by atoms with Crippen LogP contribution in [0.3, 0.4) is 0 Å². The van der Waals surface area contributed by atoms with Gasteiger partial charge in [0.1, 0.15) is 0 Å². The molecule has 2 atom stereocenters. The molecule has 0 aliphatic carbocycles. The van der Waals surface area contributed by atoms with Crippen LogP contribution in [0, 0.1) is 5.92 Å². The van der Waals surface area contributed by atoms with E-state index in [1.165, 1.54) is 0 Å². The van der Waals surface area contributed by atoms with E-state index in [0.717, 1.165) is 12.8 Å². The van der Waals surface area contributed by atoms with Gasteiger partial charge in [-0.05, 0) is 46.5 Å². The zero-order valence-electron chi connectivity index (χ0n) is 11.8. The Balaban J connectivity index is 4.08. The highest BCUT2D eigenvalue weighted by Gasteiger charge is 2.26. The monoisotopic (exact) mass is 230 g/mol. The average Bonchev–Trinajstić information content (AvgIpc) is 2.11. The zero-order valence-corrected chi connectivity index (χ0v) is 11.8. The Bertz CT molecular complexity index is 197. The lowest BCUT2D eigenvalue weighted by Gasteiger charge is -2.33. The van der Waals surface area contributed by atoms with E-state index in [2.05, 4.69) is 27.7 Å². The standard InChI is InChI=1S/C13H30N2O/c1-7-11(14)8-12(3,4)16-9-10(2)13(5,6)15/h10-11H,7-9,14-15H2,1-6H3. The van der Waals surface area contributed by atoms with Gasteiger partial charge < -0.3 is 16.2 Å². The van der Waals surface area contributed by atoms with E-state index in [9.17, 15) is 0 Å². The van der Waals surface area contributed by atoms with Gasteiger partial charge >= 0.3 is 0 Å². The van der Waals surface area contributed by atoms with Crippen LogP contribution in [-0.2, 0) is 4.74 Å². The second-order valence-corrected chi connectivity index (χ2v) is 6.17. The Morgan fingerprint density at radius 3 is 2.06 bits per heavy atom. The van der Waals surface area contributed by atoms with Crippen molar-refractivity contribution in [1.29, 1.82) is 0 Å². The molecule has 0 aromatic rings. The molecule has 4 N–H and O–H groups in total. The Morgan fingerprint density at radius 1 is 1.19 bits per heavy atom. The molecule has 16 heavy (non-hydrogen) atoms. The van der Waals surface area contributed by atoms with Crippen molar-refractivity contribution >= 4 is 0 Å². The summed E-state index contributed by atoms with van der Waals surface area (Å²) in [5, 5.41) is 0. The first kappa shape index (κ1) is 15.9. The van der Waals surface area contributed by atoms with Gasteiger partial charge in [0.2, 0.25) is 0 Å². The number of rotatable bonds is 7. The smallest absolute Gasteiger partial charge is 0.0641 e. The molecule has 0 saturated heterocycles. The summed E-state index contributed by atoms with van der Waals surface area (Å²) in [5.74, 6) is 0.338. The van der Waals surface area contributed by atoms with Crippen molar-refractivity contribution in [2.75, 3.05) is 6.61 Å². The number of nitrogens with two attached hydrogens (primary N) is 2. The SMILES string of the molecule is CCC(N)CC(C)(C)OCC(C)C(C)(C)N. The van der Waals surface area contributed by atoms with Crippen LogP contribution in [0.1, 0.15) is 54.4 Å². The summed E-state index contributed by atoms with van der Waals surface area (Å²) in [6.45, 7) is 13.2. The molecule has 0 aliphatic heterocycles. The highest BCUT2D eigenvalue weighted by Crippen LogP contribution is 2.21. The molecule has 0 saturated carbocycles. The Kier molecular flexibility index (Phi) is 5.94. The van der Waals surface area contributed by atoms with Crippen LogP contribution in [-0.4, -0.2) is 23.8 Å². The van der Waals surface area contributed by atoms with Crippen molar-refractivity contribution in [1.82, 2.24) is 0 Å². The van der Waals surface area contributed by atoms with E-state index in [0.29, 0.717) is 12.5 Å². The summed E-state index contributed by atoms with van der Waals surface area (Å²) in [6, 6.07) is 0.219. The van der Waals surface area contributed by atoms with Gasteiger partial charge in [0.05, 0.1) is 12.2 Å². The Labute approximate surface area is 101 Å². The molecule has 0 heterocycles. The fourth-order valence-corrected chi connectivity index (χ4v) is 1.40. The van der Waals surface area contributed by atoms with Crippen LogP contribution < -0.4 is 11.5 Å². The van der Waals surface area contributed by atoms with Crippen LogP contribution in [0.2, 0.25) is 0 Å². The van der Waals surface area contributed by atoms with E-state index in [1.807, 2.05) is 13.8 Å². The molecule has 3 heteroatoms. The van der Waals surface area contributed by atoms with E-state index < -0.39 is 0 Å². The first-order chi connectivity index (χ1) is 7.08. The van der Waals surface area contributed by atoms with Crippen LogP contribution >= 0.6 is 0 Å². The molecule has 0 rings (SSSR count). The van der Waals surface area contributed by atoms with Crippen molar-refractivity contribution < 1.29 is 4.74 Å². The lowest BCUT2D eigenvalue weighted by Crippen LogP contribution is -2.44.